The Balaban J connectivity index is 1.48. The molecule has 8 nitrogen and oxygen atoms in total. The number of hydrogen-bond donors (Lipinski definition) is 3. The highest BCUT2D eigenvalue weighted by Gasteiger charge is 2.42. The molecule has 2 aromatic rings. The number of imidazole rings is 1. The van der Waals surface area contributed by atoms with Crippen LogP contribution >= 0.6 is 0 Å². The first-order chi connectivity index (χ1) is 17.1. The molecule has 0 radical (unpaired) electrons. The fourth-order valence-electron chi connectivity index (χ4n) is 5.61. The van der Waals surface area contributed by atoms with Crippen LogP contribution in [0.2, 0.25) is 0 Å². The molecule has 9 heteroatoms. The van der Waals surface area contributed by atoms with E-state index in [9.17, 15) is 18.8 Å². The number of nitrogens with one attached hydrogen (secondary N) is 3. The van der Waals surface area contributed by atoms with E-state index in [1.54, 1.807) is 19.1 Å². The molecule has 1 saturated carbocycles. The van der Waals surface area contributed by atoms with Crippen molar-refractivity contribution in [2.45, 2.75) is 90.8 Å². The quantitative estimate of drug-likeness (QED) is 0.511. The van der Waals surface area contributed by atoms with Gasteiger partial charge in [-0.2, -0.15) is 0 Å². The number of piperidine rings is 1. The van der Waals surface area contributed by atoms with Gasteiger partial charge in [-0.3, -0.25) is 14.4 Å². The van der Waals surface area contributed by atoms with Crippen LogP contribution in [0.3, 0.4) is 0 Å². The molecule has 2 fully saturated rings. The number of amides is 3. The molecule has 1 aromatic carbocycles. The standard InChI is InChI=1S/C27H38FN5O3/c1-5-18-9-6-7-12-33(18)22(34)13-21(31-25(35)17-14-27(3,4)15-17)26(36)29-16(2)24-30-20-11-8-10-19(28)23(20)32-24/h8,10-11,16-18,21H,5-7,9,12-15H2,1-4H3,(H,29,36)(H,30,32)(H,31,35)/t16-,18-,21-/m0/s1. The van der Waals surface area contributed by atoms with Gasteiger partial charge in [-0.1, -0.05) is 26.8 Å². The van der Waals surface area contributed by atoms with Crippen LogP contribution < -0.4 is 10.6 Å². The molecule has 3 amide bonds. The summed E-state index contributed by atoms with van der Waals surface area (Å²) in [5.74, 6) is -0.948. The van der Waals surface area contributed by atoms with Crippen molar-refractivity contribution in [3.05, 3.63) is 29.8 Å². The van der Waals surface area contributed by atoms with E-state index in [1.165, 1.54) is 6.07 Å². The van der Waals surface area contributed by atoms with E-state index >= 15 is 0 Å². The lowest BCUT2D eigenvalue weighted by molar-refractivity contribution is -0.140. The Hall–Kier alpha value is -2.97. The van der Waals surface area contributed by atoms with Crippen LogP contribution in [0.25, 0.3) is 11.0 Å². The second kappa shape index (κ2) is 10.6. The molecule has 3 atom stereocenters. The molecule has 1 saturated heterocycles. The number of likely N-dealkylation sites (tertiary alicyclic amines) is 1. The van der Waals surface area contributed by atoms with E-state index in [0.717, 1.165) is 38.5 Å². The Labute approximate surface area is 211 Å². The maximum absolute atomic E-state index is 14.1. The smallest absolute Gasteiger partial charge is 0.243 e. The fraction of sp³-hybridized carbons (Fsp3) is 0.630. The van der Waals surface area contributed by atoms with Crippen LogP contribution in [0.4, 0.5) is 4.39 Å². The summed E-state index contributed by atoms with van der Waals surface area (Å²) in [4.78, 5) is 48.8. The summed E-state index contributed by atoms with van der Waals surface area (Å²) in [5.41, 5.74) is 0.856. The van der Waals surface area contributed by atoms with Crippen molar-refractivity contribution in [2.75, 3.05) is 6.54 Å². The monoisotopic (exact) mass is 499 g/mol. The van der Waals surface area contributed by atoms with Gasteiger partial charge < -0.3 is 20.5 Å². The fourth-order valence-corrected chi connectivity index (χ4v) is 5.61. The SMILES string of the molecule is CC[C@H]1CCCCN1C(=O)C[C@H](NC(=O)C1CC(C)(C)C1)C(=O)N[C@@H](C)c1nc2c(F)cccc2[nH]1. The molecule has 4 rings (SSSR count). The number of rotatable bonds is 8. The second-order valence-electron chi connectivity index (χ2n) is 11.2. The van der Waals surface area contributed by atoms with E-state index in [2.05, 4.69) is 41.4 Å². The summed E-state index contributed by atoms with van der Waals surface area (Å²) in [6, 6.07) is 3.25. The lowest BCUT2D eigenvalue weighted by atomic mass is 9.64. The van der Waals surface area contributed by atoms with Crippen molar-refractivity contribution in [3.63, 3.8) is 0 Å². The highest BCUT2D eigenvalue weighted by Crippen LogP contribution is 2.44. The highest BCUT2D eigenvalue weighted by atomic mass is 19.1. The average molecular weight is 500 g/mol. The molecule has 0 bridgehead atoms. The van der Waals surface area contributed by atoms with Gasteiger partial charge in [0.05, 0.1) is 18.0 Å². The van der Waals surface area contributed by atoms with Gasteiger partial charge in [0, 0.05) is 18.5 Å². The topological polar surface area (TPSA) is 107 Å². The number of aromatic nitrogens is 2. The number of hydrogen-bond acceptors (Lipinski definition) is 4. The molecule has 2 heterocycles. The molecule has 2 aliphatic rings. The summed E-state index contributed by atoms with van der Waals surface area (Å²) in [5, 5.41) is 5.73. The van der Waals surface area contributed by atoms with E-state index in [1.807, 2.05) is 4.90 Å². The largest absolute Gasteiger partial charge is 0.345 e. The maximum Gasteiger partial charge on any atom is 0.243 e. The maximum atomic E-state index is 14.1. The molecule has 1 aromatic heterocycles. The first-order valence-corrected chi connectivity index (χ1v) is 13.1. The van der Waals surface area contributed by atoms with E-state index < -0.39 is 23.8 Å². The number of para-hydroxylation sites is 1. The van der Waals surface area contributed by atoms with E-state index in [0.29, 0.717) is 17.9 Å². The lowest BCUT2D eigenvalue weighted by Crippen LogP contribution is -2.54. The molecule has 36 heavy (non-hydrogen) atoms. The third kappa shape index (κ3) is 5.71. The van der Waals surface area contributed by atoms with Gasteiger partial charge in [0.1, 0.15) is 17.4 Å². The Morgan fingerprint density at radius 3 is 2.64 bits per heavy atom. The summed E-state index contributed by atoms with van der Waals surface area (Å²) < 4.78 is 14.1. The van der Waals surface area contributed by atoms with Gasteiger partial charge in [0.15, 0.2) is 5.82 Å². The third-order valence-corrected chi connectivity index (χ3v) is 7.65. The highest BCUT2D eigenvalue weighted by molar-refractivity contribution is 5.93. The van der Waals surface area contributed by atoms with Crippen LogP contribution in [-0.4, -0.2) is 51.2 Å². The number of carbonyl (C=O) groups excluding carboxylic acids is 3. The lowest BCUT2D eigenvalue weighted by Gasteiger charge is -2.42. The van der Waals surface area contributed by atoms with Crippen molar-refractivity contribution >= 4 is 28.8 Å². The molecular weight excluding hydrogens is 461 g/mol. The first-order valence-electron chi connectivity index (χ1n) is 13.1. The summed E-state index contributed by atoms with van der Waals surface area (Å²) >= 11 is 0. The summed E-state index contributed by atoms with van der Waals surface area (Å²) in [7, 11) is 0. The van der Waals surface area contributed by atoms with Crippen molar-refractivity contribution < 1.29 is 18.8 Å². The third-order valence-electron chi connectivity index (χ3n) is 7.65. The van der Waals surface area contributed by atoms with Crippen LogP contribution in [-0.2, 0) is 14.4 Å². The van der Waals surface area contributed by atoms with E-state index in [4.69, 9.17) is 0 Å². The van der Waals surface area contributed by atoms with Crippen LogP contribution in [0.1, 0.15) is 84.5 Å². The van der Waals surface area contributed by atoms with Crippen molar-refractivity contribution in [2.24, 2.45) is 11.3 Å². The molecule has 1 aliphatic carbocycles. The van der Waals surface area contributed by atoms with Crippen LogP contribution in [0.5, 0.6) is 0 Å². The Morgan fingerprint density at radius 2 is 1.97 bits per heavy atom. The molecular formula is C27H38FN5O3. The van der Waals surface area contributed by atoms with Gasteiger partial charge in [-0.25, -0.2) is 9.37 Å². The van der Waals surface area contributed by atoms with Gasteiger partial charge in [-0.15, -0.1) is 0 Å². The zero-order chi connectivity index (χ0) is 26.0. The molecule has 0 unspecified atom stereocenters. The van der Waals surface area contributed by atoms with Crippen molar-refractivity contribution in [1.29, 1.82) is 0 Å². The Bertz CT molecular complexity index is 1120. The summed E-state index contributed by atoms with van der Waals surface area (Å²) in [6.45, 7) is 8.71. The Kier molecular flexibility index (Phi) is 7.66. The minimum atomic E-state index is -0.989. The minimum absolute atomic E-state index is 0.0916. The zero-order valence-electron chi connectivity index (χ0n) is 21.7. The predicted octanol–water partition coefficient (Wildman–Crippen LogP) is 3.98. The summed E-state index contributed by atoms with van der Waals surface area (Å²) in [6.07, 6.45) is 5.29. The number of nitrogens with zero attached hydrogens (tertiary/aromatic N) is 2. The minimum Gasteiger partial charge on any atom is -0.345 e. The Morgan fingerprint density at radius 1 is 1.22 bits per heavy atom. The van der Waals surface area contributed by atoms with Gasteiger partial charge in [-0.05, 0) is 63.0 Å². The van der Waals surface area contributed by atoms with Gasteiger partial charge in [0.25, 0.3) is 0 Å². The first kappa shape index (κ1) is 26.1. The van der Waals surface area contributed by atoms with Crippen LogP contribution in [0.15, 0.2) is 18.2 Å². The second-order valence-corrected chi connectivity index (χ2v) is 11.2. The number of benzene rings is 1. The number of halogens is 1. The number of aromatic amines is 1. The number of carbonyl (C=O) groups is 3. The van der Waals surface area contributed by atoms with Gasteiger partial charge in [0.2, 0.25) is 17.7 Å². The average Bonchev–Trinajstić information content (AvgIpc) is 3.28. The van der Waals surface area contributed by atoms with Crippen LogP contribution in [0, 0.1) is 17.2 Å². The normalized spacial score (nSPS) is 21.5. The van der Waals surface area contributed by atoms with E-state index in [-0.39, 0.29) is 41.1 Å². The molecule has 1 aliphatic heterocycles. The van der Waals surface area contributed by atoms with Crippen molar-refractivity contribution in [3.8, 4) is 0 Å². The number of fused-ring (bicyclic) bond motifs is 1. The predicted molar refractivity (Wildman–Crippen MR) is 135 cm³/mol. The van der Waals surface area contributed by atoms with Gasteiger partial charge >= 0.3 is 0 Å². The molecule has 196 valence electrons. The number of H-pyrrole nitrogens is 1. The molecule has 0 spiro atoms. The van der Waals surface area contributed by atoms with Crippen molar-refractivity contribution in [1.82, 2.24) is 25.5 Å². The molecule has 3 N–H and O–H groups in total. The zero-order valence-corrected chi connectivity index (χ0v) is 21.7.